The van der Waals surface area contributed by atoms with Gasteiger partial charge in [-0.05, 0) is 42.8 Å². The van der Waals surface area contributed by atoms with Gasteiger partial charge in [0.1, 0.15) is 10.7 Å². The summed E-state index contributed by atoms with van der Waals surface area (Å²) in [7, 11) is -3.86. The molecular formula is C13H14FN3O2S. The van der Waals surface area contributed by atoms with Gasteiger partial charge in [-0.3, -0.25) is 0 Å². The molecule has 0 saturated heterocycles. The maximum absolute atomic E-state index is 13.7. The molecule has 0 fully saturated rings. The minimum atomic E-state index is -3.86. The first kappa shape index (κ1) is 14.3. The second-order valence-corrected chi connectivity index (χ2v) is 5.94. The van der Waals surface area contributed by atoms with Crippen LogP contribution < -0.4 is 16.2 Å². The van der Waals surface area contributed by atoms with E-state index in [2.05, 4.69) is 5.32 Å². The number of hydrogen-bond donors (Lipinski definition) is 3. The smallest absolute Gasteiger partial charge is 0.240 e. The number of nitrogens with two attached hydrogens (primary N) is 2. The van der Waals surface area contributed by atoms with Gasteiger partial charge in [0.05, 0.1) is 11.4 Å². The summed E-state index contributed by atoms with van der Waals surface area (Å²) < 4.78 is 36.2. The molecule has 0 aliphatic carbocycles. The minimum absolute atomic E-state index is 0.00465. The van der Waals surface area contributed by atoms with Gasteiger partial charge in [0.2, 0.25) is 10.0 Å². The van der Waals surface area contributed by atoms with Crippen molar-refractivity contribution in [2.45, 2.75) is 11.8 Å². The van der Waals surface area contributed by atoms with Crippen molar-refractivity contribution in [3.63, 3.8) is 0 Å². The van der Waals surface area contributed by atoms with Crippen LogP contribution in [0.3, 0.4) is 0 Å². The summed E-state index contributed by atoms with van der Waals surface area (Å²) in [5.74, 6) is -0.404. The molecule has 5 N–H and O–H groups in total. The highest BCUT2D eigenvalue weighted by Gasteiger charge is 2.12. The lowest BCUT2D eigenvalue weighted by Crippen LogP contribution is -2.14. The molecule has 7 heteroatoms. The third kappa shape index (κ3) is 3.06. The molecule has 0 radical (unpaired) electrons. The number of aryl methyl sites for hydroxylation is 1. The van der Waals surface area contributed by atoms with Crippen LogP contribution in [0, 0.1) is 12.7 Å². The van der Waals surface area contributed by atoms with Gasteiger partial charge in [-0.15, -0.1) is 0 Å². The predicted molar refractivity (Wildman–Crippen MR) is 76.6 cm³/mol. The maximum atomic E-state index is 13.7. The number of rotatable bonds is 3. The van der Waals surface area contributed by atoms with Crippen molar-refractivity contribution in [2.24, 2.45) is 5.14 Å². The number of hydrogen-bond acceptors (Lipinski definition) is 4. The molecule has 0 spiro atoms. The van der Waals surface area contributed by atoms with Crippen molar-refractivity contribution >= 4 is 27.1 Å². The van der Waals surface area contributed by atoms with Crippen LogP contribution in [-0.2, 0) is 10.0 Å². The zero-order valence-electron chi connectivity index (χ0n) is 10.7. The van der Waals surface area contributed by atoms with Crippen LogP contribution >= 0.6 is 0 Å². The van der Waals surface area contributed by atoms with Crippen molar-refractivity contribution in [2.75, 3.05) is 11.1 Å². The zero-order chi connectivity index (χ0) is 14.9. The molecule has 0 amide bonds. The fraction of sp³-hybridized carbons (Fsp3) is 0.0769. The Morgan fingerprint density at radius 2 is 1.85 bits per heavy atom. The van der Waals surface area contributed by atoms with E-state index in [-0.39, 0.29) is 16.3 Å². The molecule has 0 atom stereocenters. The zero-order valence-corrected chi connectivity index (χ0v) is 11.5. The van der Waals surface area contributed by atoms with Gasteiger partial charge in [-0.1, -0.05) is 6.07 Å². The Balaban J connectivity index is 2.34. The monoisotopic (exact) mass is 295 g/mol. The Hall–Kier alpha value is -2.12. The molecule has 0 aromatic heterocycles. The van der Waals surface area contributed by atoms with Gasteiger partial charge >= 0.3 is 0 Å². The van der Waals surface area contributed by atoms with Gasteiger partial charge < -0.3 is 11.1 Å². The van der Waals surface area contributed by atoms with Crippen LogP contribution in [-0.4, -0.2) is 8.42 Å². The average Bonchev–Trinajstić information content (AvgIpc) is 2.31. The Morgan fingerprint density at radius 1 is 1.15 bits per heavy atom. The number of nitrogen functional groups attached to an aromatic ring is 1. The Morgan fingerprint density at radius 3 is 2.40 bits per heavy atom. The summed E-state index contributed by atoms with van der Waals surface area (Å²) in [6, 6.07) is 8.87. The van der Waals surface area contributed by atoms with E-state index in [9.17, 15) is 12.8 Å². The summed E-state index contributed by atoms with van der Waals surface area (Å²) >= 11 is 0. The molecule has 0 bridgehead atoms. The summed E-state index contributed by atoms with van der Waals surface area (Å²) in [6.07, 6.45) is 0. The van der Waals surface area contributed by atoms with Crippen molar-refractivity contribution in [1.82, 2.24) is 0 Å². The SMILES string of the molecule is Cc1ccc(Nc2ccc(S(N)(=O)=O)c(N)c2)c(F)c1. The van der Waals surface area contributed by atoms with Gasteiger partial charge in [0, 0.05) is 5.69 Å². The van der Waals surface area contributed by atoms with Crippen LogP contribution in [0.15, 0.2) is 41.3 Å². The number of benzene rings is 2. The van der Waals surface area contributed by atoms with Crippen molar-refractivity contribution in [3.8, 4) is 0 Å². The Kier molecular flexibility index (Phi) is 3.65. The van der Waals surface area contributed by atoms with Gasteiger partial charge in [-0.2, -0.15) is 0 Å². The van der Waals surface area contributed by atoms with E-state index in [0.29, 0.717) is 5.69 Å². The summed E-state index contributed by atoms with van der Waals surface area (Å²) in [4.78, 5) is -0.160. The number of anilines is 3. The molecule has 2 rings (SSSR count). The van der Waals surface area contributed by atoms with Crippen LogP contribution in [0.4, 0.5) is 21.5 Å². The normalized spacial score (nSPS) is 11.3. The molecule has 0 aliphatic rings. The van der Waals surface area contributed by atoms with E-state index in [4.69, 9.17) is 10.9 Å². The Labute approximate surface area is 116 Å². The highest BCUT2D eigenvalue weighted by molar-refractivity contribution is 7.89. The van der Waals surface area contributed by atoms with E-state index in [1.807, 2.05) is 0 Å². The number of primary sulfonamides is 1. The van der Waals surface area contributed by atoms with Gasteiger partial charge in [0.25, 0.3) is 0 Å². The fourth-order valence-corrected chi connectivity index (χ4v) is 2.41. The third-order valence-electron chi connectivity index (χ3n) is 2.72. The quantitative estimate of drug-likeness (QED) is 0.755. The predicted octanol–water partition coefficient (Wildman–Crippen LogP) is 2.11. The molecule has 0 heterocycles. The summed E-state index contributed by atoms with van der Waals surface area (Å²) in [6.45, 7) is 1.78. The number of halogens is 1. The van der Waals surface area contributed by atoms with E-state index in [0.717, 1.165) is 5.56 Å². The van der Waals surface area contributed by atoms with Crippen molar-refractivity contribution in [1.29, 1.82) is 0 Å². The first-order valence-electron chi connectivity index (χ1n) is 5.73. The molecule has 2 aromatic carbocycles. The highest BCUT2D eigenvalue weighted by Crippen LogP contribution is 2.25. The molecule has 106 valence electrons. The molecule has 20 heavy (non-hydrogen) atoms. The van der Waals surface area contributed by atoms with Crippen LogP contribution in [0.1, 0.15) is 5.56 Å². The third-order valence-corrected chi connectivity index (χ3v) is 3.70. The van der Waals surface area contributed by atoms with Crippen LogP contribution in [0.2, 0.25) is 0 Å². The van der Waals surface area contributed by atoms with Crippen molar-refractivity contribution < 1.29 is 12.8 Å². The first-order valence-corrected chi connectivity index (χ1v) is 7.27. The Bertz CT molecular complexity index is 760. The van der Waals surface area contributed by atoms with E-state index >= 15 is 0 Å². The first-order chi connectivity index (χ1) is 9.27. The minimum Gasteiger partial charge on any atom is -0.398 e. The fourth-order valence-electron chi connectivity index (χ4n) is 1.76. The average molecular weight is 295 g/mol. The van der Waals surface area contributed by atoms with Crippen LogP contribution in [0.25, 0.3) is 0 Å². The summed E-state index contributed by atoms with van der Waals surface area (Å²) in [5.41, 5.74) is 7.18. The largest absolute Gasteiger partial charge is 0.398 e. The standard InChI is InChI=1S/C13H14FN3O2S/c1-8-2-4-12(10(14)6-8)17-9-3-5-13(11(15)7-9)20(16,18)19/h2-7,17H,15H2,1H3,(H2,16,18,19). The van der Waals surface area contributed by atoms with E-state index < -0.39 is 15.8 Å². The number of sulfonamides is 1. The second-order valence-electron chi connectivity index (χ2n) is 4.41. The van der Waals surface area contributed by atoms with Gasteiger partial charge in [-0.25, -0.2) is 17.9 Å². The summed E-state index contributed by atoms with van der Waals surface area (Å²) in [5, 5.41) is 7.84. The van der Waals surface area contributed by atoms with Crippen molar-refractivity contribution in [3.05, 3.63) is 47.8 Å². The van der Waals surface area contributed by atoms with E-state index in [1.54, 1.807) is 19.1 Å². The highest BCUT2D eigenvalue weighted by atomic mass is 32.2. The molecule has 0 saturated carbocycles. The second kappa shape index (κ2) is 5.10. The van der Waals surface area contributed by atoms with Crippen LogP contribution in [0.5, 0.6) is 0 Å². The topological polar surface area (TPSA) is 98.2 Å². The molecule has 0 aliphatic heterocycles. The molecule has 5 nitrogen and oxygen atoms in total. The molecule has 2 aromatic rings. The molecular weight excluding hydrogens is 281 g/mol. The lowest BCUT2D eigenvalue weighted by molar-refractivity contribution is 0.598. The lowest BCUT2D eigenvalue weighted by atomic mass is 10.2. The van der Waals surface area contributed by atoms with E-state index in [1.165, 1.54) is 24.3 Å². The molecule has 0 unspecified atom stereocenters. The number of nitrogens with one attached hydrogen (secondary N) is 1. The maximum Gasteiger partial charge on any atom is 0.240 e. The lowest BCUT2D eigenvalue weighted by Gasteiger charge is -2.10. The van der Waals surface area contributed by atoms with Gasteiger partial charge in [0.15, 0.2) is 0 Å².